The van der Waals surface area contributed by atoms with E-state index in [9.17, 15) is 0 Å². The predicted molar refractivity (Wildman–Crippen MR) is 65.2 cm³/mol. The number of aromatic amines is 1. The third-order valence-corrected chi connectivity index (χ3v) is 3.41. The van der Waals surface area contributed by atoms with E-state index in [1.807, 2.05) is 12.4 Å². The van der Waals surface area contributed by atoms with Crippen LogP contribution in [0.25, 0.3) is 0 Å². The first kappa shape index (κ1) is 11.6. The lowest BCUT2D eigenvalue weighted by atomic mass is 10.0. The van der Waals surface area contributed by atoms with Gasteiger partial charge in [0, 0.05) is 30.4 Å². The Balaban J connectivity index is 1.69. The molecule has 2 rings (SSSR count). The minimum atomic E-state index is 0.671. The molecule has 0 radical (unpaired) electrons. The Kier molecular flexibility index (Phi) is 3.96. The number of piperidine rings is 1. The average molecular weight is 222 g/mol. The number of nitrogens with one attached hydrogen (secondary N) is 2. The van der Waals surface area contributed by atoms with Crippen LogP contribution in [0.5, 0.6) is 0 Å². The third kappa shape index (κ3) is 3.06. The molecule has 1 aliphatic rings. The minimum absolute atomic E-state index is 0.671. The fourth-order valence-electron chi connectivity index (χ4n) is 2.26. The number of hydrogen-bond donors (Lipinski definition) is 2. The van der Waals surface area contributed by atoms with Crippen LogP contribution in [-0.2, 0) is 6.54 Å². The zero-order valence-electron chi connectivity index (χ0n) is 10.2. The van der Waals surface area contributed by atoms with Crippen LogP contribution in [0.4, 0.5) is 0 Å². The molecule has 0 unspecified atom stereocenters. The van der Waals surface area contributed by atoms with E-state index >= 15 is 0 Å². The Bertz CT molecular complexity index is 286. The van der Waals surface area contributed by atoms with Crippen molar-refractivity contribution in [3.8, 4) is 0 Å². The zero-order valence-corrected chi connectivity index (χ0v) is 10.2. The molecule has 0 aliphatic carbocycles. The molecule has 2 N–H and O–H groups in total. The van der Waals surface area contributed by atoms with Crippen LogP contribution in [0.3, 0.4) is 0 Å². The van der Waals surface area contributed by atoms with Gasteiger partial charge in [-0.05, 0) is 39.8 Å². The van der Waals surface area contributed by atoms with Crippen molar-refractivity contribution in [1.29, 1.82) is 0 Å². The maximum atomic E-state index is 3.95. The highest BCUT2D eigenvalue weighted by Crippen LogP contribution is 2.13. The standard InChI is InChI=1S/C12H22N4/c1-10(2)16-5-3-12(4-6-16)13-7-11-8-14-15-9-11/h8-10,12-13H,3-7H2,1-2H3,(H,14,15). The quantitative estimate of drug-likeness (QED) is 0.808. The van der Waals surface area contributed by atoms with Crippen molar-refractivity contribution >= 4 is 0 Å². The first-order chi connectivity index (χ1) is 7.75. The van der Waals surface area contributed by atoms with Crippen molar-refractivity contribution < 1.29 is 0 Å². The van der Waals surface area contributed by atoms with Crippen LogP contribution in [0.15, 0.2) is 12.4 Å². The van der Waals surface area contributed by atoms with Crippen molar-refractivity contribution in [2.45, 2.75) is 45.3 Å². The highest BCUT2D eigenvalue weighted by atomic mass is 15.2. The van der Waals surface area contributed by atoms with E-state index in [1.165, 1.54) is 31.5 Å². The minimum Gasteiger partial charge on any atom is -0.310 e. The average Bonchev–Trinajstić information content (AvgIpc) is 2.80. The number of nitrogens with zero attached hydrogens (tertiary/aromatic N) is 2. The Morgan fingerprint density at radius 3 is 2.81 bits per heavy atom. The van der Waals surface area contributed by atoms with E-state index in [4.69, 9.17) is 0 Å². The van der Waals surface area contributed by atoms with Gasteiger partial charge >= 0.3 is 0 Å². The monoisotopic (exact) mass is 222 g/mol. The summed E-state index contributed by atoms with van der Waals surface area (Å²) >= 11 is 0. The molecule has 2 heterocycles. The van der Waals surface area contributed by atoms with Crippen molar-refractivity contribution in [2.24, 2.45) is 0 Å². The molecule has 1 aromatic heterocycles. The highest BCUT2D eigenvalue weighted by Gasteiger charge is 2.20. The molecule has 4 heteroatoms. The van der Waals surface area contributed by atoms with Gasteiger partial charge in [0.1, 0.15) is 0 Å². The lowest BCUT2D eigenvalue weighted by Gasteiger charge is -2.34. The summed E-state index contributed by atoms with van der Waals surface area (Å²) in [6, 6.07) is 1.36. The summed E-state index contributed by atoms with van der Waals surface area (Å²) in [5.74, 6) is 0. The van der Waals surface area contributed by atoms with E-state index in [0.29, 0.717) is 12.1 Å². The molecule has 90 valence electrons. The number of H-pyrrole nitrogens is 1. The smallest absolute Gasteiger partial charge is 0.0532 e. The number of rotatable bonds is 4. The largest absolute Gasteiger partial charge is 0.310 e. The third-order valence-electron chi connectivity index (χ3n) is 3.41. The van der Waals surface area contributed by atoms with Crippen LogP contribution in [-0.4, -0.2) is 40.3 Å². The zero-order chi connectivity index (χ0) is 11.4. The first-order valence-corrected chi connectivity index (χ1v) is 6.21. The molecule has 0 spiro atoms. The van der Waals surface area contributed by atoms with E-state index in [2.05, 4.69) is 34.3 Å². The van der Waals surface area contributed by atoms with E-state index in [1.54, 1.807) is 0 Å². The summed E-state index contributed by atoms with van der Waals surface area (Å²) < 4.78 is 0. The predicted octanol–water partition coefficient (Wildman–Crippen LogP) is 1.37. The summed E-state index contributed by atoms with van der Waals surface area (Å²) in [5, 5.41) is 10.4. The summed E-state index contributed by atoms with van der Waals surface area (Å²) in [7, 11) is 0. The van der Waals surface area contributed by atoms with Crippen molar-refractivity contribution in [3.05, 3.63) is 18.0 Å². The Hall–Kier alpha value is -0.870. The fourth-order valence-corrected chi connectivity index (χ4v) is 2.26. The van der Waals surface area contributed by atoms with Crippen LogP contribution in [0.1, 0.15) is 32.3 Å². The van der Waals surface area contributed by atoms with Gasteiger partial charge in [-0.3, -0.25) is 5.10 Å². The van der Waals surface area contributed by atoms with Gasteiger partial charge in [-0.15, -0.1) is 0 Å². The molecule has 1 fully saturated rings. The van der Waals surface area contributed by atoms with Gasteiger partial charge < -0.3 is 10.2 Å². The van der Waals surface area contributed by atoms with Crippen LogP contribution in [0, 0.1) is 0 Å². The van der Waals surface area contributed by atoms with Crippen molar-refractivity contribution in [1.82, 2.24) is 20.4 Å². The molecule has 1 aliphatic heterocycles. The molecule has 0 amide bonds. The summed E-state index contributed by atoms with van der Waals surface area (Å²) in [6.45, 7) is 7.93. The molecule has 4 nitrogen and oxygen atoms in total. The van der Waals surface area contributed by atoms with Crippen LogP contribution < -0.4 is 5.32 Å². The SMILES string of the molecule is CC(C)N1CCC(NCc2cn[nH]c2)CC1. The van der Waals surface area contributed by atoms with Crippen LogP contribution in [0.2, 0.25) is 0 Å². The molecule has 1 aromatic rings. The number of likely N-dealkylation sites (tertiary alicyclic amines) is 1. The second-order valence-electron chi connectivity index (χ2n) is 4.89. The lowest BCUT2D eigenvalue weighted by molar-refractivity contribution is 0.161. The molecule has 0 saturated carbocycles. The topological polar surface area (TPSA) is 44.0 Å². The summed E-state index contributed by atoms with van der Waals surface area (Å²) in [6.07, 6.45) is 6.36. The number of aromatic nitrogens is 2. The van der Waals surface area contributed by atoms with Gasteiger partial charge in [-0.25, -0.2) is 0 Å². The van der Waals surface area contributed by atoms with Crippen molar-refractivity contribution in [2.75, 3.05) is 13.1 Å². The molecule has 0 bridgehead atoms. The van der Waals surface area contributed by atoms with Gasteiger partial charge in [-0.2, -0.15) is 5.10 Å². The van der Waals surface area contributed by atoms with Gasteiger partial charge in [0.05, 0.1) is 6.20 Å². The van der Waals surface area contributed by atoms with Gasteiger partial charge in [0.15, 0.2) is 0 Å². The molecule has 1 saturated heterocycles. The molecular formula is C12H22N4. The maximum Gasteiger partial charge on any atom is 0.0532 e. The van der Waals surface area contributed by atoms with Crippen molar-refractivity contribution in [3.63, 3.8) is 0 Å². The Morgan fingerprint density at radius 2 is 2.25 bits per heavy atom. The molecular weight excluding hydrogens is 200 g/mol. The van der Waals surface area contributed by atoms with E-state index in [-0.39, 0.29) is 0 Å². The second kappa shape index (κ2) is 5.46. The number of hydrogen-bond acceptors (Lipinski definition) is 3. The van der Waals surface area contributed by atoms with Crippen LogP contribution >= 0.6 is 0 Å². The lowest BCUT2D eigenvalue weighted by Crippen LogP contribution is -2.44. The highest BCUT2D eigenvalue weighted by molar-refractivity contribution is 5.02. The van der Waals surface area contributed by atoms with Gasteiger partial charge in [0.25, 0.3) is 0 Å². The maximum absolute atomic E-state index is 3.95. The Morgan fingerprint density at radius 1 is 1.50 bits per heavy atom. The summed E-state index contributed by atoms with van der Waals surface area (Å²) in [5.41, 5.74) is 1.24. The Labute approximate surface area is 97.4 Å². The fraction of sp³-hybridized carbons (Fsp3) is 0.750. The molecule has 0 aromatic carbocycles. The molecule has 16 heavy (non-hydrogen) atoms. The summed E-state index contributed by atoms with van der Waals surface area (Å²) in [4.78, 5) is 2.55. The normalized spacial score (nSPS) is 19.4. The van der Waals surface area contributed by atoms with Gasteiger partial charge in [-0.1, -0.05) is 0 Å². The molecule has 0 atom stereocenters. The van der Waals surface area contributed by atoms with Gasteiger partial charge in [0.2, 0.25) is 0 Å². The first-order valence-electron chi connectivity index (χ1n) is 6.21. The second-order valence-corrected chi connectivity index (χ2v) is 4.89. The van der Waals surface area contributed by atoms with E-state index < -0.39 is 0 Å². The van der Waals surface area contributed by atoms with E-state index in [0.717, 1.165) is 6.54 Å².